The number of rotatable bonds is 7. The van der Waals surface area contributed by atoms with Crippen molar-refractivity contribution < 1.29 is 22.4 Å². The van der Waals surface area contributed by atoms with Crippen molar-refractivity contribution in [2.24, 2.45) is 0 Å². The number of amides is 1. The Morgan fingerprint density at radius 3 is 2.44 bits per heavy atom. The van der Waals surface area contributed by atoms with Gasteiger partial charge >= 0.3 is 6.18 Å². The number of carbonyl (C=O) groups is 1. The normalized spacial score (nSPS) is 11.9. The van der Waals surface area contributed by atoms with Crippen molar-refractivity contribution in [1.82, 2.24) is 25.2 Å². The molecule has 0 atom stereocenters. The van der Waals surface area contributed by atoms with Crippen LogP contribution in [0.2, 0.25) is 0 Å². The molecule has 0 aliphatic carbocycles. The monoisotopic (exact) mass is 449 g/mol. The first-order valence-corrected chi connectivity index (χ1v) is 9.92. The predicted molar refractivity (Wildman–Crippen MR) is 111 cm³/mol. The molecule has 0 fully saturated rings. The van der Waals surface area contributed by atoms with E-state index in [0.29, 0.717) is 17.3 Å². The Kier molecular flexibility index (Phi) is 6.93. The maximum Gasteiger partial charge on any atom is 0.435 e. The molecule has 0 bridgehead atoms. The summed E-state index contributed by atoms with van der Waals surface area (Å²) in [6.07, 6.45) is -4.93. The van der Waals surface area contributed by atoms with E-state index in [0.717, 1.165) is 23.3 Å². The van der Waals surface area contributed by atoms with Crippen LogP contribution in [0.25, 0.3) is 5.69 Å². The third kappa shape index (κ3) is 5.31. The van der Waals surface area contributed by atoms with Gasteiger partial charge in [0.15, 0.2) is 11.4 Å². The number of alkyl halides is 3. The minimum Gasteiger partial charge on any atom is -0.346 e. The minimum absolute atomic E-state index is 0.0189. The molecule has 0 spiro atoms. The van der Waals surface area contributed by atoms with Crippen molar-refractivity contribution in [2.75, 3.05) is 7.05 Å². The van der Waals surface area contributed by atoms with Crippen LogP contribution in [0, 0.1) is 5.82 Å². The highest BCUT2D eigenvalue weighted by Crippen LogP contribution is 2.32. The molecule has 170 valence electrons. The summed E-state index contributed by atoms with van der Waals surface area (Å²) in [5.74, 6) is -1.76. The van der Waals surface area contributed by atoms with E-state index in [1.54, 1.807) is 12.1 Å². The van der Waals surface area contributed by atoms with Crippen LogP contribution >= 0.6 is 0 Å². The second-order valence-corrected chi connectivity index (χ2v) is 7.64. The number of nitrogens with zero attached hydrogens (tertiary/aromatic N) is 4. The lowest BCUT2D eigenvalue weighted by Crippen LogP contribution is -2.29. The van der Waals surface area contributed by atoms with Crippen molar-refractivity contribution in [3.8, 4) is 5.69 Å². The lowest BCUT2D eigenvalue weighted by atomic mass is 10.1. The van der Waals surface area contributed by atoms with Crippen molar-refractivity contribution in [1.29, 1.82) is 0 Å². The SMILES string of the molecule is CC(C)N(C)Cc1ccccc1CNC(=O)c1nnn(-c2cccc(F)c2)c1C(F)(F)F. The molecule has 0 saturated heterocycles. The summed E-state index contributed by atoms with van der Waals surface area (Å²) in [4.78, 5) is 14.7. The van der Waals surface area contributed by atoms with Crippen molar-refractivity contribution in [3.63, 3.8) is 0 Å². The fourth-order valence-electron chi connectivity index (χ4n) is 3.07. The van der Waals surface area contributed by atoms with Gasteiger partial charge in [0.2, 0.25) is 0 Å². The molecule has 0 unspecified atom stereocenters. The first-order chi connectivity index (χ1) is 15.1. The lowest BCUT2D eigenvalue weighted by Gasteiger charge is -2.22. The maximum atomic E-state index is 13.8. The van der Waals surface area contributed by atoms with Gasteiger partial charge in [-0.2, -0.15) is 13.2 Å². The molecule has 10 heteroatoms. The zero-order valence-corrected chi connectivity index (χ0v) is 17.8. The van der Waals surface area contributed by atoms with Crippen molar-refractivity contribution >= 4 is 5.91 Å². The summed E-state index contributed by atoms with van der Waals surface area (Å²) in [7, 11) is 1.96. The van der Waals surface area contributed by atoms with Crippen LogP contribution in [-0.2, 0) is 19.3 Å². The summed E-state index contributed by atoms with van der Waals surface area (Å²) < 4.78 is 55.2. The topological polar surface area (TPSA) is 63.1 Å². The van der Waals surface area contributed by atoms with Gasteiger partial charge in [-0.05, 0) is 50.2 Å². The molecule has 3 rings (SSSR count). The number of hydrogen-bond acceptors (Lipinski definition) is 4. The smallest absolute Gasteiger partial charge is 0.346 e. The van der Waals surface area contributed by atoms with Crippen molar-refractivity contribution in [3.05, 3.63) is 76.9 Å². The molecule has 1 heterocycles. The third-order valence-corrected chi connectivity index (χ3v) is 5.07. The van der Waals surface area contributed by atoms with Crippen LogP contribution in [0.4, 0.5) is 17.6 Å². The van der Waals surface area contributed by atoms with E-state index in [4.69, 9.17) is 0 Å². The zero-order chi connectivity index (χ0) is 23.5. The molecule has 3 aromatic rings. The highest BCUT2D eigenvalue weighted by molar-refractivity contribution is 5.93. The van der Waals surface area contributed by atoms with E-state index in [1.807, 2.05) is 33.0 Å². The quantitative estimate of drug-likeness (QED) is 0.550. The fourth-order valence-corrected chi connectivity index (χ4v) is 3.07. The number of halogens is 4. The molecule has 1 amide bonds. The van der Waals surface area contributed by atoms with E-state index in [9.17, 15) is 22.4 Å². The number of aromatic nitrogens is 3. The first kappa shape index (κ1) is 23.4. The highest BCUT2D eigenvalue weighted by Gasteiger charge is 2.42. The number of benzene rings is 2. The van der Waals surface area contributed by atoms with Crippen LogP contribution in [0.5, 0.6) is 0 Å². The summed E-state index contributed by atoms with van der Waals surface area (Å²) in [6.45, 7) is 4.73. The van der Waals surface area contributed by atoms with E-state index >= 15 is 0 Å². The average molecular weight is 449 g/mol. The average Bonchev–Trinajstić information content (AvgIpc) is 3.19. The Hall–Kier alpha value is -3.27. The molecule has 0 aliphatic rings. The molecule has 0 saturated carbocycles. The van der Waals surface area contributed by atoms with Gasteiger partial charge in [-0.1, -0.05) is 35.5 Å². The van der Waals surface area contributed by atoms with Crippen LogP contribution in [0.1, 0.15) is 41.2 Å². The number of carbonyl (C=O) groups excluding carboxylic acids is 1. The van der Waals surface area contributed by atoms with Gasteiger partial charge < -0.3 is 5.32 Å². The summed E-state index contributed by atoms with van der Waals surface area (Å²) >= 11 is 0. The van der Waals surface area contributed by atoms with E-state index in [-0.39, 0.29) is 12.2 Å². The molecule has 1 aromatic heterocycles. The van der Waals surface area contributed by atoms with Gasteiger partial charge in [0, 0.05) is 19.1 Å². The molecular formula is C22H23F4N5O. The Balaban J connectivity index is 1.86. The Morgan fingerprint density at radius 1 is 1.12 bits per heavy atom. The largest absolute Gasteiger partial charge is 0.435 e. The lowest BCUT2D eigenvalue weighted by molar-refractivity contribution is -0.143. The molecule has 0 aliphatic heterocycles. The van der Waals surface area contributed by atoms with Crippen LogP contribution in [0.15, 0.2) is 48.5 Å². The molecule has 2 aromatic carbocycles. The highest BCUT2D eigenvalue weighted by atomic mass is 19.4. The van der Waals surface area contributed by atoms with Gasteiger partial charge in [0.25, 0.3) is 5.91 Å². The van der Waals surface area contributed by atoms with Gasteiger partial charge in [0.1, 0.15) is 5.82 Å². The zero-order valence-electron chi connectivity index (χ0n) is 17.8. The molecule has 0 radical (unpaired) electrons. The molecular weight excluding hydrogens is 426 g/mol. The van der Waals surface area contributed by atoms with Gasteiger partial charge in [0.05, 0.1) is 5.69 Å². The van der Waals surface area contributed by atoms with E-state index < -0.39 is 29.3 Å². The Morgan fingerprint density at radius 2 is 1.81 bits per heavy atom. The Labute approximate surface area is 182 Å². The fraction of sp³-hybridized carbons (Fsp3) is 0.318. The van der Waals surface area contributed by atoms with Gasteiger partial charge in [-0.3, -0.25) is 9.69 Å². The van der Waals surface area contributed by atoms with Gasteiger partial charge in [-0.15, -0.1) is 5.10 Å². The summed E-state index contributed by atoms with van der Waals surface area (Å²) in [6, 6.07) is 12.1. The van der Waals surface area contributed by atoms with Crippen LogP contribution < -0.4 is 5.32 Å². The minimum atomic E-state index is -4.93. The maximum absolute atomic E-state index is 13.8. The second kappa shape index (κ2) is 9.47. The molecule has 1 N–H and O–H groups in total. The summed E-state index contributed by atoms with van der Waals surface area (Å²) in [5, 5.41) is 9.40. The number of hydrogen-bond donors (Lipinski definition) is 1. The van der Waals surface area contributed by atoms with E-state index in [2.05, 4.69) is 20.5 Å². The standard InChI is InChI=1S/C22H23F4N5O/c1-14(2)30(3)13-16-8-5-4-7-15(16)12-27-21(32)19-20(22(24,25)26)31(29-28-19)18-10-6-9-17(23)11-18/h4-11,14H,12-13H2,1-3H3,(H,27,32). The molecule has 32 heavy (non-hydrogen) atoms. The number of nitrogens with one attached hydrogen (secondary N) is 1. The van der Waals surface area contributed by atoms with Crippen LogP contribution in [0.3, 0.4) is 0 Å². The summed E-state index contributed by atoms with van der Waals surface area (Å²) in [5.41, 5.74) is -0.708. The first-order valence-electron chi connectivity index (χ1n) is 9.92. The molecule has 6 nitrogen and oxygen atoms in total. The van der Waals surface area contributed by atoms with Crippen molar-refractivity contribution in [2.45, 2.75) is 39.2 Å². The second-order valence-electron chi connectivity index (χ2n) is 7.64. The third-order valence-electron chi connectivity index (χ3n) is 5.07. The van der Waals surface area contributed by atoms with Gasteiger partial charge in [-0.25, -0.2) is 9.07 Å². The Bertz CT molecular complexity index is 1090. The predicted octanol–water partition coefficient (Wildman–Crippen LogP) is 4.20. The van der Waals surface area contributed by atoms with E-state index in [1.165, 1.54) is 12.1 Å². The van der Waals surface area contributed by atoms with Crippen LogP contribution in [-0.4, -0.2) is 38.9 Å².